The molecule has 0 spiro atoms. The van der Waals surface area contributed by atoms with Crippen molar-refractivity contribution in [2.75, 3.05) is 0 Å². The van der Waals surface area contributed by atoms with E-state index in [-0.39, 0.29) is 0 Å². The molecule has 0 aliphatic carbocycles. The van der Waals surface area contributed by atoms with Crippen LogP contribution in [-0.2, 0) is 0 Å². The number of benzene rings is 1. The van der Waals surface area contributed by atoms with Crippen LogP contribution in [0, 0.1) is 6.92 Å². The van der Waals surface area contributed by atoms with Crippen LogP contribution in [0.5, 0.6) is 0 Å². The highest BCUT2D eigenvalue weighted by Gasteiger charge is 2.11. The molecule has 0 fully saturated rings. The van der Waals surface area contributed by atoms with Gasteiger partial charge in [-0.2, -0.15) is 0 Å². The Labute approximate surface area is 101 Å². The Morgan fingerprint density at radius 1 is 1.12 bits per heavy atom. The van der Waals surface area contributed by atoms with Crippen molar-refractivity contribution in [1.29, 1.82) is 0 Å². The second-order valence-corrected chi connectivity index (χ2v) is 5.26. The Bertz CT molecular complexity index is 857. The van der Waals surface area contributed by atoms with Crippen molar-refractivity contribution in [2.45, 2.75) is 6.92 Å². The first kappa shape index (κ1) is 9.13. The first-order valence-corrected chi connectivity index (χ1v) is 6.27. The molecular weight excluding hydrogens is 230 g/mol. The molecule has 0 saturated heterocycles. The summed E-state index contributed by atoms with van der Waals surface area (Å²) in [5.74, 6) is 0. The number of hydrogen-bond acceptors (Lipinski definition) is 3. The van der Waals surface area contributed by atoms with E-state index in [0.717, 1.165) is 16.3 Å². The van der Waals surface area contributed by atoms with Crippen molar-refractivity contribution in [1.82, 2.24) is 14.4 Å². The van der Waals surface area contributed by atoms with Crippen LogP contribution in [0.15, 0.2) is 36.7 Å². The molecule has 0 aliphatic heterocycles. The van der Waals surface area contributed by atoms with E-state index >= 15 is 0 Å². The van der Waals surface area contributed by atoms with Gasteiger partial charge in [0.2, 0.25) is 0 Å². The van der Waals surface area contributed by atoms with Crippen LogP contribution in [0.1, 0.15) is 5.01 Å². The maximum atomic E-state index is 4.61. The van der Waals surface area contributed by atoms with Gasteiger partial charge < -0.3 is 0 Å². The van der Waals surface area contributed by atoms with Gasteiger partial charge in [-0.15, -0.1) is 11.3 Å². The predicted octanol–water partition coefficient (Wildman–Crippen LogP) is 3.41. The van der Waals surface area contributed by atoms with Gasteiger partial charge in [-0.1, -0.05) is 24.3 Å². The minimum Gasteiger partial charge on any atom is -0.283 e. The second-order valence-electron chi connectivity index (χ2n) is 4.05. The molecule has 0 amide bonds. The third kappa shape index (κ3) is 1.10. The van der Waals surface area contributed by atoms with Crippen molar-refractivity contribution >= 4 is 38.1 Å². The van der Waals surface area contributed by atoms with Gasteiger partial charge in [0.15, 0.2) is 5.65 Å². The minimum absolute atomic E-state index is 0.985. The molecule has 0 unspecified atom stereocenters. The van der Waals surface area contributed by atoms with Crippen LogP contribution in [-0.4, -0.2) is 14.4 Å². The molecule has 3 aromatic heterocycles. The van der Waals surface area contributed by atoms with Crippen LogP contribution < -0.4 is 0 Å². The van der Waals surface area contributed by atoms with Gasteiger partial charge in [0.05, 0.1) is 9.71 Å². The molecule has 4 rings (SSSR count). The number of nitrogens with zero attached hydrogens (tertiary/aromatic N) is 3. The Kier molecular flexibility index (Phi) is 1.64. The van der Waals surface area contributed by atoms with Gasteiger partial charge in [-0.3, -0.25) is 4.40 Å². The highest BCUT2D eigenvalue weighted by Crippen LogP contribution is 2.32. The first-order chi connectivity index (χ1) is 8.34. The van der Waals surface area contributed by atoms with E-state index in [1.165, 1.54) is 15.5 Å². The maximum Gasteiger partial charge on any atom is 0.157 e. The highest BCUT2D eigenvalue weighted by molar-refractivity contribution is 7.19. The van der Waals surface area contributed by atoms with Crippen LogP contribution in [0.3, 0.4) is 0 Å². The van der Waals surface area contributed by atoms with Gasteiger partial charge in [-0.05, 0) is 6.92 Å². The highest BCUT2D eigenvalue weighted by atomic mass is 32.1. The lowest BCUT2D eigenvalue weighted by Gasteiger charge is -2.02. The van der Waals surface area contributed by atoms with Gasteiger partial charge >= 0.3 is 0 Å². The number of rotatable bonds is 0. The fourth-order valence-corrected chi connectivity index (χ4v) is 3.26. The Morgan fingerprint density at radius 2 is 1.94 bits per heavy atom. The summed E-state index contributed by atoms with van der Waals surface area (Å²) in [4.78, 5) is 9.04. The Balaban J connectivity index is 2.47. The van der Waals surface area contributed by atoms with Crippen LogP contribution in [0.25, 0.3) is 26.8 Å². The summed E-state index contributed by atoms with van der Waals surface area (Å²) in [5.41, 5.74) is 2.00. The van der Waals surface area contributed by atoms with E-state index in [4.69, 9.17) is 0 Å². The third-order valence-electron chi connectivity index (χ3n) is 3.00. The zero-order valence-corrected chi connectivity index (χ0v) is 10.0. The lowest BCUT2D eigenvalue weighted by molar-refractivity contribution is 1.20. The monoisotopic (exact) mass is 239 g/mol. The van der Waals surface area contributed by atoms with E-state index < -0.39 is 0 Å². The van der Waals surface area contributed by atoms with Crippen molar-refractivity contribution in [3.05, 3.63) is 41.7 Å². The summed E-state index contributed by atoms with van der Waals surface area (Å²) in [7, 11) is 0. The lowest BCUT2D eigenvalue weighted by Crippen LogP contribution is -1.88. The molecule has 3 nitrogen and oxygen atoms in total. The number of aromatic nitrogens is 3. The summed E-state index contributed by atoms with van der Waals surface area (Å²) in [6.07, 6.45) is 3.80. The van der Waals surface area contributed by atoms with Crippen molar-refractivity contribution in [3.63, 3.8) is 0 Å². The maximum absolute atomic E-state index is 4.61. The zero-order chi connectivity index (χ0) is 11.4. The van der Waals surface area contributed by atoms with E-state index in [0.29, 0.717) is 0 Å². The number of aryl methyl sites for hydroxylation is 1. The average molecular weight is 239 g/mol. The lowest BCUT2D eigenvalue weighted by atomic mass is 10.1. The quantitative estimate of drug-likeness (QED) is 0.470. The second kappa shape index (κ2) is 3.05. The summed E-state index contributed by atoms with van der Waals surface area (Å²) >= 11 is 1.74. The molecule has 3 heterocycles. The molecular formula is C13H9N3S. The first-order valence-electron chi connectivity index (χ1n) is 5.45. The predicted molar refractivity (Wildman–Crippen MR) is 70.6 cm³/mol. The SMILES string of the molecule is Cc1nc2c(s1)c1ccccc1c1nccn12. The van der Waals surface area contributed by atoms with Crippen LogP contribution in [0.4, 0.5) is 0 Å². The van der Waals surface area contributed by atoms with Crippen LogP contribution in [0.2, 0.25) is 0 Å². The summed E-state index contributed by atoms with van der Waals surface area (Å²) < 4.78 is 3.31. The number of fused-ring (bicyclic) bond motifs is 6. The molecule has 82 valence electrons. The standard InChI is InChI=1S/C13H9N3S/c1-8-15-13-11(17-8)9-4-2-3-5-10(9)12-14-6-7-16(12)13/h2-7H,1H3. The topological polar surface area (TPSA) is 30.2 Å². The molecule has 0 atom stereocenters. The van der Waals surface area contributed by atoms with E-state index in [1.54, 1.807) is 11.3 Å². The van der Waals surface area contributed by atoms with E-state index in [2.05, 4.69) is 38.6 Å². The normalized spacial score (nSPS) is 11.8. The zero-order valence-electron chi connectivity index (χ0n) is 9.21. The Morgan fingerprint density at radius 3 is 2.82 bits per heavy atom. The molecule has 0 saturated carbocycles. The molecule has 17 heavy (non-hydrogen) atoms. The van der Waals surface area contributed by atoms with Gasteiger partial charge in [0.1, 0.15) is 5.65 Å². The minimum atomic E-state index is 0.985. The van der Waals surface area contributed by atoms with E-state index in [1.807, 2.05) is 19.3 Å². The average Bonchev–Trinajstić information content (AvgIpc) is 2.94. The summed E-state index contributed by atoms with van der Waals surface area (Å²) in [5, 5.41) is 3.52. The van der Waals surface area contributed by atoms with E-state index in [9.17, 15) is 0 Å². The number of hydrogen-bond donors (Lipinski definition) is 0. The number of thiazole rings is 1. The Hall–Kier alpha value is -1.94. The largest absolute Gasteiger partial charge is 0.283 e. The molecule has 0 N–H and O–H groups in total. The number of pyridine rings is 1. The molecule has 0 bridgehead atoms. The van der Waals surface area contributed by atoms with Gasteiger partial charge in [0.25, 0.3) is 0 Å². The van der Waals surface area contributed by atoms with Gasteiger partial charge in [0, 0.05) is 23.2 Å². The fourth-order valence-electron chi connectivity index (χ4n) is 2.30. The molecule has 4 aromatic rings. The molecule has 0 radical (unpaired) electrons. The summed E-state index contributed by atoms with van der Waals surface area (Å²) in [6, 6.07) is 8.38. The van der Waals surface area contributed by atoms with Gasteiger partial charge in [-0.25, -0.2) is 9.97 Å². The number of imidazole rings is 1. The fraction of sp³-hybridized carbons (Fsp3) is 0.0769. The van der Waals surface area contributed by atoms with Crippen LogP contribution >= 0.6 is 11.3 Å². The van der Waals surface area contributed by atoms with Crippen molar-refractivity contribution < 1.29 is 0 Å². The third-order valence-corrected chi connectivity index (χ3v) is 3.99. The van der Waals surface area contributed by atoms with Crippen molar-refractivity contribution in [2.24, 2.45) is 0 Å². The molecule has 1 aromatic carbocycles. The summed E-state index contributed by atoms with van der Waals surface area (Å²) in [6.45, 7) is 2.04. The smallest absolute Gasteiger partial charge is 0.157 e. The molecule has 0 aliphatic rings. The van der Waals surface area contributed by atoms with Crippen molar-refractivity contribution in [3.8, 4) is 0 Å². The molecule has 4 heteroatoms.